The number of hydrogen-bond acceptors (Lipinski definition) is 2. The van der Waals surface area contributed by atoms with E-state index >= 15 is 0 Å². The fraction of sp³-hybridized carbons (Fsp3) is 0.588. The topological polar surface area (TPSA) is 20.3 Å². The zero-order chi connectivity index (χ0) is 15.6. The quantitative estimate of drug-likeness (QED) is 0.806. The molecular weight excluding hydrogens is 333 g/mol. The van der Waals surface area contributed by atoms with Gasteiger partial charge < -0.3 is 0 Å². The van der Waals surface area contributed by atoms with E-state index in [2.05, 4.69) is 27.8 Å². The Balaban J connectivity index is 2.19. The Labute approximate surface area is 134 Å². The molecule has 1 fully saturated rings. The largest absolute Gasteiger partial charge is 0.297 e. The molecule has 21 heavy (non-hydrogen) atoms. The smallest absolute Gasteiger partial charge is 0.157 e. The van der Waals surface area contributed by atoms with Gasteiger partial charge in [-0.1, -0.05) is 22.9 Å². The summed E-state index contributed by atoms with van der Waals surface area (Å²) >= 11 is 3.29. The first-order valence-corrected chi connectivity index (χ1v) is 8.28. The molecule has 2 rings (SSSR count). The number of nitrogens with zero attached hydrogens (tertiary/aromatic N) is 1. The highest BCUT2D eigenvalue weighted by Gasteiger charge is 2.42. The second-order valence-corrected chi connectivity index (χ2v) is 7.40. The van der Waals surface area contributed by atoms with Gasteiger partial charge in [0.1, 0.15) is 5.82 Å². The molecule has 0 saturated heterocycles. The van der Waals surface area contributed by atoms with Crippen molar-refractivity contribution in [1.29, 1.82) is 0 Å². The van der Waals surface area contributed by atoms with Crippen molar-refractivity contribution in [2.24, 2.45) is 5.92 Å². The molecule has 0 bridgehead atoms. The molecular formula is C17H23BrFNO. The molecule has 0 radical (unpaired) electrons. The van der Waals surface area contributed by atoms with Crippen molar-refractivity contribution in [2.45, 2.75) is 44.6 Å². The van der Waals surface area contributed by atoms with Gasteiger partial charge in [-0.25, -0.2) is 4.39 Å². The van der Waals surface area contributed by atoms with Gasteiger partial charge in [0, 0.05) is 10.9 Å². The van der Waals surface area contributed by atoms with E-state index in [9.17, 15) is 9.18 Å². The van der Waals surface area contributed by atoms with Crippen LogP contribution in [-0.4, -0.2) is 30.3 Å². The summed E-state index contributed by atoms with van der Waals surface area (Å²) in [7, 11) is 3.96. The van der Waals surface area contributed by atoms with Gasteiger partial charge in [0.25, 0.3) is 0 Å². The van der Waals surface area contributed by atoms with Crippen LogP contribution in [-0.2, 0) is 11.2 Å². The van der Waals surface area contributed by atoms with Crippen LogP contribution in [0.3, 0.4) is 0 Å². The number of hydrogen-bond donors (Lipinski definition) is 0. The van der Waals surface area contributed by atoms with Crippen molar-refractivity contribution in [2.75, 3.05) is 14.1 Å². The lowest BCUT2D eigenvalue weighted by molar-refractivity contribution is -0.131. The molecule has 0 N–H and O–H groups in total. The normalized spacial score (nSPS) is 26.1. The Kier molecular flexibility index (Phi) is 5.20. The highest BCUT2D eigenvalue weighted by Crippen LogP contribution is 2.36. The van der Waals surface area contributed by atoms with E-state index < -0.39 is 0 Å². The molecule has 1 aliphatic carbocycles. The summed E-state index contributed by atoms with van der Waals surface area (Å²) in [5.74, 6) is 0.592. The van der Waals surface area contributed by atoms with Crippen LogP contribution in [0, 0.1) is 11.7 Å². The van der Waals surface area contributed by atoms with E-state index in [0.717, 1.165) is 31.2 Å². The second-order valence-electron chi connectivity index (χ2n) is 6.49. The standard InChI is InChI=1S/C17H23BrFNO/c1-12-4-6-17(7-5-12,20(2)3)16(21)10-13-8-14(18)11-15(19)9-13/h8-9,11-12H,4-7,10H2,1-3H3. The summed E-state index contributed by atoms with van der Waals surface area (Å²) in [4.78, 5) is 14.9. The summed E-state index contributed by atoms with van der Waals surface area (Å²) in [6, 6.07) is 4.70. The summed E-state index contributed by atoms with van der Waals surface area (Å²) in [6.07, 6.45) is 4.25. The van der Waals surface area contributed by atoms with Gasteiger partial charge in [0.2, 0.25) is 0 Å². The highest BCUT2D eigenvalue weighted by molar-refractivity contribution is 9.10. The summed E-state index contributed by atoms with van der Waals surface area (Å²) in [6.45, 7) is 2.24. The molecule has 0 unspecified atom stereocenters. The lowest BCUT2D eigenvalue weighted by Crippen LogP contribution is -2.53. The molecule has 116 valence electrons. The van der Waals surface area contributed by atoms with Gasteiger partial charge in [-0.3, -0.25) is 9.69 Å². The first-order chi connectivity index (χ1) is 9.83. The van der Waals surface area contributed by atoms with Crippen LogP contribution in [0.2, 0.25) is 0 Å². The molecule has 0 heterocycles. The Hall–Kier alpha value is -0.740. The molecule has 4 heteroatoms. The van der Waals surface area contributed by atoms with E-state index in [1.807, 2.05) is 20.2 Å². The van der Waals surface area contributed by atoms with Gasteiger partial charge in [-0.05, 0) is 69.5 Å². The zero-order valence-corrected chi connectivity index (χ0v) is 14.5. The van der Waals surface area contributed by atoms with Crippen LogP contribution in [0.1, 0.15) is 38.2 Å². The van der Waals surface area contributed by atoms with E-state index in [1.165, 1.54) is 12.1 Å². The summed E-state index contributed by atoms with van der Waals surface area (Å²) in [5, 5.41) is 0. The van der Waals surface area contributed by atoms with Crippen molar-refractivity contribution >= 4 is 21.7 Å². The first-order valence-electron chi connectivity index (χ1n) is 7.49. The molecule has 0 aliphatic heterocycles. The van der Waals surface area contributed by atoms with Gasteiger partial charge in [-0.2, -0.15) is 0 Å². The maximum atomic E-state index is 13.5. The number of Topliss-reactive ketones (excluding diaryl/α,β-unsaturated/α-hetero) is 1. The molecule has 0 atom stereocenters. The number of ketones is 1. The second kappa shape index (κ2) is 6.57. The summed E-state index contributed by atoms with van der Waals surface area (Å²) < 4.78 is 14.2. The molecule has 1 saturated carbocycles. The van der Waals surface area contributed by atoms with Gasteiger partial charge >= 0.3 is 0 Å². The van der Waals surface area contributed by atoms with E-state index in [-0.39, 0.29) is 17.1 Å². The minimum Gasteiger partial charge on any atom is -0.297 e. The zero-order valence-electron chi connectivity index (χ0n) is 13.0. The van der Waals surface area contributed by atoms with Crippen molar-refractivity contribution in [3.05, 3.63) is 34.1 Å². The van der Waals surface area contributed by atoms with Crippen molar-refractivity contribution in [3.8, 4) is 0 Å². The maximum Gasteiger partial charge on any atom is 0.157 e. The predicted octanol–water partition coefficient (Wildman–Crippen LogP) is 4.21. The molecule has 0 spiro atoms. The third kappa shape index (κ3) is 3.72. The Bertz CT molecular complexity index is 501. The number of benzene rings is 1. The highest BCUT2D eigenvalue weighted by atomic mass is 79.9. The number of carbonyl (C=O) groups excluding carboxylic acids is 1. The fourth-order valence-electron chi connectivity index (χ4n) is 3.28. The average Bonchev–Trinajstić information content (AvgIpc) is 2.38. The van der Waals surface area contributed by atoms with Crippen LogP contribution >= 0.6 is 15.9 Å². The fourth-order valence-corrected chi connectivity index (χ4v) is 3.79. The van der Waals surface area contributed by atoms with Gasteiger partial charge in [0.05, 0.1) is 5.54 Å². The number of likely N-dealkylation sites (N-methyl/N-ethyl adjacent to an activating group) is 1. The molecule has 2 nitrogen and oxygen atoms in total. The third-order valence-electron chi connectivity index (χ3n) is 4.76. The first kappa shape index (κ1) is 16.6. The Morgan fingerprint density at radius 2 is 1.95 bits per heavy atom. The monoisotopic (exact) mass is 355 g/mol. The lowest BCUT2D eigenvalue weighted by Gasteiger charge is -2.43. The Morgan fingerprint density at radius 3 is 2.48 bits per heavy atom. The number of halogens is 2. The lowest BCUT2D eigenvalue weighted by atomic mass is 9.72. The minimum atomic E-state index is -0.384. The van der Waals surface area contributed by atoms with Crippen molar-refractivity contribution in [3.63, 3.8) is 0 Å². The van der Waals surface area contributed by atoms with Gasteiger partial charge in [0.15, 0.2) is 5.78 Å². The van der Waals surface area contributed by atoms with Crippen LogP contribution in [0.4, 0.5) is 4.39 Å². The Morgan fingerprint density at radius 1 is 1.33 bits per heavy atom. The predicted molar refractivity (Wildman–Crippen MR) is 86.9 cm³/mol. The van der Waals surface area contributed by atoms with Crippen LogP contribution in [0.15, 0.2) is 22.7 Å². The third-order valence-corrected chi connectivity index (χ3v) is 5.22. The van der Waals surface area contributed by atoms with E-state index in [0.29, 0.717) is 16.8 Å². The number of rotatable bonds is 4. The molecule has 1 aliphatic rings. The maximum absolute atomic E-state index is 13.5. The van der Waals surface area contributed by atoms with Crippen LogP contribution in [0.5, 0.6) is 0 Å². The van der Waals surface area contributed by atoms with E-state index in [4.69, 9.17) is 0 Å². The SMILES string of the molecule is CC1CCC(C(=O)Cc2cc(F)cc(Br)c2)(N(C)C)CC1. The molecule has 1 aromatic rings. The average molecular weight is 356 g/mol. The van der Waals surface area contributed by atoms with E-state index in [1.54, 1.807) is 0 Å². The minimum absolute atomic E-state index is 0.205. The number of carbonyl (C=O) groups is 1. The van der Waals surface area contributed by atoms with Crippen molar-refractivity contribution < 1.29 is 9.18 Å². The van der Waals surface area contributed by atoms with Gasteiger partial charge in [-0.15, -0.1) is 0 Å². The van der Waals surface area contributed by atoms with Crippen LogP contribution < -0.4 is 0 Å². The molecule has 0 amide bonds. The molecule has 0 aromatic heterocycles. The molecule has 1 aromatic carbocycles. The van der Waals surface area contributed by atoms with Crippen LogP contribution in [0.25, 0.3) is 0 Å². The summed E-state index contributed by atoms with van der Waals surface area (Å²) in [5.41, 5.74) is 0.359. The van der Waals surface area contributed by atoms with Crippen molar-refractivity contribution in [1.82, 2.24) is 4.90 Å².